The highest BCUT2D eigenvalue weighted by Crippen LogP contribution is 2.19. The first-order chi connectivity index (χ1) is 9.74. The van der Waals surface area contributed by atoms with Gasteiger partial charge < -0.3 is 10.6 Å². The predicted molar refractivity (Wildman–Crippen MR) is 83.8 cm³/mol. The second-order valence-corrected chi connectivity index (χ2v) is 5.16. The molecule has 1 atom stereocenters. The standard InChI is InChI=1S/C16H14N2OS/c19-15-14(10-11-6-2-1-3-7-11)18-16(20)12-8-4-5-9-13(12)17-15/h1-9,14H,10H2,(H,17,19)(H,18,20)/t14-/m0/s1. The highest BCUT2D eigenvalue weighted by Gasteiger charge is 2.25. The number of fused-ring (bicyclic) bond motifs is 1. The van der Waals surface area contributed by atoms with Crippen molar-refractivity contribution in [3.05, 3.63) is 65.7 Å². The molecule has 0 aliphatic carbocycles. The van der Waals surface area contributed by atoms with Gasteiger partial charge >= 0.3 is 0 Å². The summed E-state index contributed by atoms with van der Waals surface area (Å²) in [7, 11) is 0. The average molecular weight is 282 g/mol. The Balaban J connectivity index is 1.86. The molecular formula is C16H14N2OS. The first-order valence-corrected chi connectivity index (χ1v) is 6.89. The normalized spacial score (nSPS) is 17.7. The molecule has 100 valence electrons. The average Bonchev–Trinajstić information content (AvgIpc) is 2.58. The van der Waals surface area contributed by atoms with Crippen LogP contribution in [0.15, 0.2) is 54.6 Å². The molecule has 3 rings (SSSR count). The molecule has 0 bridgehead atoms. The van der Waals surface area contributed by atoms with E-state index < -0.39 is 0 Å². The van der Waals surface area contributed by atoms with Gasteiger partial charge in [-0.15, -0.1) is 0 Å². The zero-order valence-electron chi connectivity index (χ0n) is 10.8. The fraction of sp³-hybridized carbons (Fsp3) is 0.125. The zero-order chi connectivity index (χ0) is 13.9. The van der Waals surface area contributed by atoms with Crippen LogP contribution in [0.4, 0.5) is 5.69 Å². The van der Waals surface area contributed by atoms with Crippen molar-refractivity contribution in [2.24, 2.45) is 0 Å². The zero-order valence-corrected chi connectivity index (χ0v) is 11.6. The molecule has 0 radical (unpaired) electrons. The number of nitrogens with one attached hydrogen (secondary N) is 2. The van der Waals surface area contributed by atoms with Gasteiger partial charge in [0, 0.05) is 12.0 Å². The van der Waals surface area contributed by atoms with Gasteiger partial charge in [-0.2, -0.15) is 0 Å². The maximum Gasteiger partial charge on any atom is 0.247 e. The maximum absolute atomic E-state index is 12.3. The van der Waals surface area contributed by atoms with Gasteiger partial charge in [-0.25, -0.2) is 0 Å². The second-order valence-electron chi connectivity index (χ2n) is 4.75. The minimum atomic E-state index is -0.350. The van der Waals surface area contributed by atoms with Crippen molar-refractivity contribution in [3.63, 3.8) is 0 Å². The number of carbonyl (C=O) groups excluding carboxylic acids is 1. The van der Waals surface area contributed by atoms with Crippen LogP contribution in [0.2, 0.25) is 0 Å². The summed E-state index contributed by atoms with van der Waals surface area (Å²) in [5.74, 6) is -0.0545. The van der Waals surface area contributed by atoms with Crippen LogP contribution in [0.3, 0.4) is 0 Å². The highest BCUT2D eigenvalue weighted by atomic mass is 32.1. The Hall–Kier alpha value is -2.20. The van der Waals surface area contributed by atoms with Crippen LogP contribution in [0, 0.1) is 0 Å². The van der Waals surface area contributed by atoms with E-state index in [2.05, 4.69) is 10.6 Å². The highest BCUT2D eigenvalue weighted by molar-refractivity contribution is 7.80. The molecule has 0 unspecified atom stereocenters. The molecule has 1 aliphatic heterocycles. The molecule has 1 amide bonds. The number of anilines is 1. The molecular weight excluding hydrogens is 268 g/mol. The molecule has 4 heteroatoms. The molecule has 2 N–H and O–H groups in total. The molecule has 0 fully saturated rings. The number of amides is 1. The minimum absolute atomic E-state index is 0.0545. The Morgan fingerprint density at radius 2 is 1.70 bits per heavy atom. The Labute approximate surface area is 123 Å². The number of benzene rings is 2. The Morgan fingerprint density at radius 3 is 2.50 bits per heavy atom. The number of rotatable bonds is 2. The lowest BCUT2D eigenvalue weighted by atomic mass is 10.1. The number of hydrogen-bond donors (Lipinski definition) is 2. The van der Waals surface area contributed by atoms with Gasteiger partial charge in [0.25, 0.3) is 0 Å². The summed E-state index contributed by atoms with van der Waals surface area (Å²) in [5, 5.41) is 6.09. The van der Waals surface area contributed by atoms with Gasteiger partial charge in [-0.1, -0.05) is 54.7 Å². The third kappa shape index (κ3) is 2.56. The SMILES string of the molecule is O=C1Nc2ccccc2C(=S)N[C@H]1Cc1ccccc1. The van der Waals surface area contributed by atoms with Crippen molar-refractivity contribution in [1.29, 1.82) is 0 Å². The summed E-state index contributed by atoms with van der Waals surface area (Å²) in [6, 6.07) is 17.2. The first kappa shape index (κ1) is 12.8. The Bertz CT molecular complexity index is 655. The summed E-state index contributed by atoms with van der Waals surface area (Å²) in [6.45, 7) is 0. The van der Waals surface area contributed by atoms with E-state index in [0.717, 1.165) is 16.8 Å². The van der Waals surface area contributed by atoms with Crippen molar-refractivity contribution in [3.8, 4) is 0 Å². The number of thiocarbonyl (C=S) groups is 1. The third-order valence-corrected chi connectivity index (χ3v) is 3.67. The molecule has 0 spiro atoms. The van der Waals surface area contributed by atoms with E-state index in [4.69, 9.17) is 12.2 Å². The molecule has 2 aromatic carbocycles. The van der Waals surface area contributed by atoms with Crippen molar-refractivity contribution in [2.45, 2.75) is 12.5 Å². The quantitative estimate of drug-likeness (QED) is 0.832. The summed E-state index contributed by atoms with van der Waals surface area (Å²) < 4.78 is 0. The fourth-order valence-electron chi connectivity index (χ4n) is 2.31. The van der Waals surface area contributed by atoms with Crippen LogP contribution in [0.25, 0.3) is 0 Å². The van der Waals surface area contributed by atoms with Gasteiger partial charge in [0.1, 0.15) is 11.0 Å². The third-order valence-electron chi connectivity index (χ3n) is 3.33. The number of para-hydroxylation sites is 1. The summed E-state index contributed by atoms with van der Waals surface area (Å²) in [4.78, 5) is 12.9. The smallest absolute Gasteiger partial charge is 0.247 e. The number of hydrogen-bond acceptors (Lipinski definition) is 2. The van der Waals surface area contributed by atoms with Crippen molar-refractivity contribution >= 4 is 28.8 Å². The molecule has 20 heavy (non-hydrogen) atoms. The molecule has 1 heterocycles. The molecule has 2 aromatic rings. The Morgan fingerprint density at radius 1 is 1.00 bits per heavy atom. The predicted octanol–water partition coefficient (Wildman–Crippen LogP) is 2.52. The summed E-state index contributed by atoms with van der Waals surface area (Å²) in [6.07, 6.45) is 0.612. The molecule has 0 saturated heterocycles. The van der Waals surface area contributed by atoms with Crippen LogP contribution < -0.4 is 10.6 Å². The molecule has 0 aromatic heterocycles. The lowest BCUT2D eigenvalue weighted by Crippen LogP contribution is -2.42. The van der Waals surface area contributed by atoms with E-state index in [0.29, 0.717) is 11.4 Å². The minimum Gasteiger partial charge on any atom is -0.364 e. The van der Waals surface area contributed by atoms with E-state index in [1.54, 1.807) is 0 Å². The summed E-state index contributed by atoms with van der Waals surface area (Å²) in [5.41, 5.74) is 2.74. The van der Waals surface area contributed by atoms with Gasteiger partial charge in [0.05, 0.1) is 5.69 Å². The van der Waals surface area contributed by atoms with E-state index in [1.165, 1.54) is 0 Å². The van der Waals surface area contributed by atoms with Crippen LogP contribution in [-0.4, -0.2) is 16.9 Å². The van der Waals surface area contributed by atoms with E-state index in [1.807, 2.05) is 54.6 Å². The van der Waals surface area contributed by atoms with E-state index >= 15 is 0 Å². The van der Waals surface area contributed by atoms with E-state index in [9.17, 15) is 4.79 Å². The van der Waals surface area contributed by atoms with Crippen LogP contribution >= 0.6 is 12.2 Å². The number of carbonyl (C=O) groups is 1. The molecule has 0 saturated carbocycles. The topological polar surface area (TPSA) is 41.1 Å². The second kappa shape index (κ2) is 5.43. The first-order valence-electron chi connectivity index (χ1n) is 6.49. The van der Waals surface area contributed by atoms with Gasteiger partial charge in [-0.05, 0) is 17.7 Å². The van der Waals surface area contributed by atoms with Crippen LogP contribution in [-0.2, 0) is 11.2 Å². The lowest BCUT2D eigenvalue weighted by Gasteiger charge is -2.15. The van der Waals surface area contributed by atoms with E-state index in [-0.39, 0.29) is 11.9 Å². The van der Waals surface area contributed by atoms with Crippen molar-refractivity contribution in [2.75, 3.05) is 5.32 Å². The monoisotopic (exact) mass is 282 g/mol. The Kier molecular flexibility index (Phi) is 3.48. The van der Waals surface area contributed by atoms with Crippen molar-refractivity contribution in [1.82, 2.24) is 5.32 Å². The van der Waals surface area contributed by atoms with Crippen LogP contribution in [0.1, 0.15) is 11.1 Å². The van der Waals surface area contributed by atoms with Gasteiger partial charge in [0.15, 0.2) is 0 Å². The summed E-state index contributed by atoms with van der Waals surface area (Å²) >= 11 is 5.39. The van der Waals surface area contributed by atoms with Crippen molar-refractivity contribution < 1.29 is 4.79 Å². The maximum atomic E-state index is 12.3. The van der Waals surface area contributed by atoms with Gasteiger partial charge in [0.2, 0.25) is 5.91 Å². The van der Waals surface area contributed by atoms with Gasteiger partial charge in [-0.3, -0.25) is 4.79 Å². The molecule has 1 aliphatic rings. The largest absolute Gasteiger partial charge is 0.364 e. The lowest BCUT2D eigenvalue weighted by molar-refractivity contribution is -0.117. The molecule has 3 nitrogen and oxygen atoms in total. The fourth-order valence-corrected chi connectivity index (χ4v) is 2.63. The van der Waals surface area contributed by atoms with Crippen LogP contribution in [0.5, 0.6) is 0 Å².